The predicted octanol–water partition coefficient (Wildman–Crippen LogP) is 3.21. The monoisotopic (exact) mass is 436 g/mol. The molecule has 1 aliphatic heterocycles. The highest BCUT2D eigenvalue weighted by atomic mass is 79.9. The molecule has 1 saturated heterocycles. The van der Waals surface area contributed by atoms with Crippen LogP contribution in [0.5, 0.6) is 0 Å². The minimum Gasteiger partial charge on any atom is -0.310 e. The van der Waals surface area contributed by atoms with Crippen molar-refractivity contribution in [2.75, 3.05) is 18.4 Å². The fourth-order valence-corrected chi connectivity index (χ4v) is 3.85. The number of nitrogens with zero attached hydrogens (tertiary/aromatic N) is 5. The maximum absolute atomic E-state index is 12.6. The van der Waals surface area contributed by atoms with Gasteiger partial charge in [0.2, 0.25) is 5.91 Å². The minimum atomic E-state index is -0.0473. The molecular weight excluding hydrogens is 416 g/mol. The van der Waals surface area contributed by atoms with Crippen molar-refractivity contribution in [3.63, 3.8) is 0 Å². The van der Waals surface area contributed by atoms with Crippen LogP contribution in [0.25, 0.3) is 0 Å². The van der Waals surface area contributed by atoms with E-state index in [0.29, 0.717) is 25.1 Å². The Balaban J connectivity index is 1.37. The van der Waals surface area contributed by atoms with Crippen molar-refractivity contribution in [3.05, 3.63) is 33.9 Å². The van der Waals surface area contributed by atoms with Crippen LogP contribution in [0.4, 0.5) is 5.82 Å². The van der Waals surface area contributed by atoms with Gasteiger partial charge in [0.15, 0.2) is 4.77 Å². The summed E-state index contributed by atoms with van der Waals surface area (Å²) in [5, 5.41) is 7.35. The molecule has 1 saturated carbocycles. The maximum Gasteiger partial charge on any atom is 0.229 e. The van der Waals surface area contributed by atoms with Crippen LogP contribution in [0.2, 0.25) is 0 Å². The zero-order chi connectivity index (χ0) is 18.1. The van der Waals surface area contributed by atoms with Gasteiger partial charge in [-0.25, -0.2) is 9.67 Å². The van der Waals surface area contributed by atoms with Crippen LogP contribution < -0.4 is 5.32 Å². The van der Waals surface area contributed by atoms with Gasteiger partial charge in [0.25, 0.3) is 0 Å². The Kier molecular flexibility index (Phi) is 5.19. The van der Waals surface area contributed by atoms with Gasteiger partial charge in [-0.2, -0.15) is 5.10 Å². The summed E-state index contributed by atoms with van der Waals surface area (Å²) in [5.41, 5.74) is 0. The summed E-state index contributed by atoms with van der Waals surface area (Å²) in [4.78, 5) is 19.0. The number of piperidine rings is 1. The molecule has 0 radical (unpaired) electrons. The van der Waals surface area contributed by atoms with E-state index in [2.05, 4.69) is 40.8 Å². The number of aromatic nitrogens is 4. The van der Waals surface area contributed by atoms with Gasteiger partial charge in [-0.1, -0.05) is 0 Å². The van der Waals surface area contributed by atoms with Gasteiger partial charge in [-0.3, -0.25) is 9.69 Å². The highest BCUT2D eigenvalue weighted by Gasteiger charge is 2.28. The smallest absolute Gasteiger partial charge is 0.229 e. The number of nitrogens with one attached hydrogen (secondary N) is 1. The van der Waals surface area contributed by atoms with Gasteiger partial charge >= 0.3 is 0 Å². The van der Waals surface area contributed by atoms with Crippen LogP contribution in [0.3, 0.4) is 0 Å². The van der Waals surface area contributed by atoms with Crippen molar-refractivity contribution in [1.82, 2.24) is 24.2 Å². The molecule has 2 fully saturated rings. The second-order valence-electron chi connectivity index (χ2n) is 6.96. The molecule has 2 aliphatic rings. The van der Waals surface area contributed by atoms with Crippen molar-refractivity contribution in [2.24, 2.45) is 5.92 Å². The molecule has 0 unspecified atom stereocenters. The highest BCUT2D eigenvalue weighted by Crippen LogP contribution is 2.34. The summed E-state index contributed by atoms with van der Waals surface area (Å²) >= 11 is 8.88. The van der Waals surface area contributed by atoms with Crippen molar-refractivity contribution in [3.8, 4) is 0 Å². The summed E-state index contributed by atoms with van der Waals surface area (Å²) in [7, 11) is 0. The number of hydrogen-bond donors (Lipinski definition) is 1. The minimum absolute atomic E-state index is 0.0247. The van der Waals surface area contributed by atoms with Gasteiger partial charge in [0, 0.05) is 23.3 Å². The van der Waals surface area contributed by atoms with Gasteiger partial charge < -0.3 is 9.88 Å². The molecule has 7 nitrogen and oxygen atoms in total. The maximum atomic E-state index is 12.6. The van der Waals surface area contributed by atoms with Gasteiger partial charge in [0.1, 0.15) is 12.1 Å². The van der Waals surface area contributed by atoms with E-state index in [1.807, 2.05) is 17.1 Å². The molecule has 26 heavy (non-hydrogen) atoms. The summed E-state index contributed by atoms with van der Waals surface area (Å²) in [6, 6.07) is 4.20. The lowest BCUT2D eigenvalue weighted by Gasteiger charge is -2.31. The summed E-state index contributed by atoms with van der Waals surface area (Å²) in [6.45, 7) is 2.30. The van der Waals surface area contributed by atoms with Gasteiger partial charge in [-0.05, 0) is 72.5 Å². The molecule has 2 aromatic heterocycles. The van der Waals surface area contributed by atoms with Crippen LogP contribution >= 0.6 is 28.1 Å². The third-order valence-corrected chi connectivity index (χ3v) is 5.78. The highest BCUT2D eigenvalue weighted by molar-refractivity contribution is 9.10. The Morgan fingerprint density at radius 2 is 2.19 bits per heavy atom. The van der Waals surface area contributed by atoms with Crippen LogP contribution in [0.15, 0.2) is 29.1 Å². The van der Waals surface area contributed by atoms with E-state index in [9.17, 15) is 4.79 Å². The van der Waals surface area contributed by atoms with Crippen LogP contribution in [0, 0.1) is 10.7 Å². The Bertz CT molecular complexity index is 844. The van der Waals surface area contributed by atoms with E-state index >= 15 is 0 Å². The average Bonchev–Trinajstić information content (AvgIpc) is 3.42. The van der Waals surface area contributed by atoms with Crippen LogP contribution in [-0.2, 0) is 11.5 Å². The molecule has 2 aromatic rings. The lowest BCUT2D eigenvalue weighted by Crippen LogP contribution is -2.41. The van der Waals surface area contributed by atoms with Gasteiger partial charge in [0.05, 0.1) is 12.6 Å². The summed E-state index contributed by atoms with van der Waals surface area (Å²) in [6.07, 6.45) is 7.78. The number of halogens is 1. The molecule has 138 valence electrons. The number of carbonyl (C=O) groups is 1. The Hall–Kier alpha value is -1.58. The number of anilines is 1. The van der Waals surface area contributed by atoms with Crippen LogP contribution in [-0.4, -0.2) is 43.2 Å². The van der Waals surface area contributed by atoms with E-state index in [0.717, 1.165) is 28.6 Å². The molecule has 0 spiro atoms. The molecule has 1 amide bonds. The number of pyridine rings is 1. The number of likely N-dealkylation sites (tertiary alicyclic amines) is 1. The van der Waals surface area contributed by atoms with E-state index in [-0.39, 0.29) is 11.8 Å². The molecule has 4 rings (SSSR count). The molecule has 1 atom stereocenters. The second kappa shape index (κ2) is 7.58. The first kappa shape index (κ1) is 17.8. The van der Waals surface area contributed by atoms with E-state index < -0.39 is 0 Å². The summed E-state index contributed by atoms with van der Waals surface area (Å²) in [5.74, 6) is 0.561. The quantitative estimate of drug-likeness (QED) is 0.728. The van der Waals surface area contributed by atoms with E-state index in [1.54, 1.807) is 12.3 Å². The Labute approximate surface area is 165 Å². The Morgan fingerprint density at radius 3 is 2.92 bits per heavy atom. The van der Waals surface area contributed by atoms with Crippen molar-refractivity contribution >= 4 is 39.9 Å². The van der Waals surface area contributed by atoms with Crippen molar-refractivity contribution in [1.29, 1.82) is 0 Å². The summed E-state index contributed by atoms with van der Waals surface area (Å²) < 4.78 is 5.62. The largest absolute Gasteiger partial charge is 0.310 e. The SMILES string of the molecule is O=C(Nc1ccc(Br)cn1)[C@H]1CCCN(Cn2ncn(C3CC3)c2=S)C1. The fourth-order valence-electron chi connectivity index (χ4n) is 3.32. The van der Waals surface area contributed by atoms with Gasteiger partial charge in [-0.15, -0.1) is 0 Å². The first-order valence-electron chi connectivity index (χ1n) is 8.89. The second-order valence-corrected chi connectivity index (χ2v) is 8.24. The average molecular weight is 437 g/mol. The number of amides is 1. The molecule has 0 aromatic carbocycles. The van der Waals surface area contributed by atoms with E-state index in [1.165, 1.54) is 12.8 Å². The molecule has 1 aliphatic carbocycles. The first-order chi connectivity index (χ1) is 12.6. The van der Waals surface area contributed by atoms with E-state index in [4.69, 9.17) is 12.2 Å². The number of carbonyl (C=O) groups excluding carboxylic acids is 1. The standard InChI is InChI=1S/C17H21BrN6OS/c18-13-3-6-15(19-8-13)21-16(25)12-2-1-7-22(9-12)11-24-17(26)23(10-20-24)14-4-5-14/h3,6,8,10,12,14H,1-2,4-5,7,9,11H2,(H,19,21,25)/t12-/m0/s1. The van der Waals surface area contributed by atoms with Crippen LogP contribution in [0.1, 0.15) is 31.7 Å². The predicted molar refractivity (Wildman–Crippen MR) is 104 cm³/mol. The van der Waals surface area contributed by atoms with Crippen molar-refractivity contribution < 1.29 is 4.79 Å². The number of rotatable bonds is 5. The molecule has 3 heterocycles. The normalized spacial score (nSPS) is 20.9. The lowest BCUT2D eigenvalue weighted by molar-refractivity contribution is -0.121. The molecule has 1 N–H and O–H groups in total. The fraction of sp³-hybridized carbons (Fsp3) is 0.529. The first-order valence-corrected chi connectivity index (χ1v) is 10.1. The lowest BCUT2D eigenvalue weighted by atomic mass is 9.97. The number of hydrogen-bond acceptors (Lipinski definition) is 5. The topological polar surface area (TPSA) is 68.0 Å². The molecule has 0 bridgehead atoms. The van der Waals surface area contributed by atoms with Crippen molar-refractivity contribution in [2.45, 2.75) is 38.4 Å². The Morgan fingerprint density at radius 1 is 1.35 bits per heavy atom. The third-order valence-electron chi connectivity index (χ3n) is 4.89. The molecule has 9 heteroatoms. The third kappa shape index (κ3) is 4.05. The zero-order valence-corrected chi connectivity index (χ0v) is 16.7. The zero-order valence-electron chi connectivity index (χ0n) is 14.3. The molecular formula is C17H21BrN6OS.